The molecule has 1 aliphatic heterocycles. The average Bonchev–Trinajstić information content (AvgIpc) is 2.79. The van der Waals surface area contributed by atoms with E-state index in [1.54, 1.807) is 0 Å². The first-order chi connectivity index (χ1) is 16.1. The molecule has 1 aliphatic rings. The van der Waals surface area contributed by atoms with Crippen LogP contribution in [0.4, 0.5) is 0 Å². The van der Waals surface area contributed by atoms with Crippen LogP contribution in [0.1, 0.15) is 40.9 Å². The van der Waals surface area contributed by atoms with Crippen LogP contribution in [-0.4, -0.2) is 44.0 Å². The van der Waals surface area contributed by atoms with Gasteiger partial charge in [0, 0.05) is 30.1 Å². The van der Waals surface area contributed by atoms with Crippen LogP contribution in [0.3, 0.4) is 0 Å². The molecule has 0 bridgehead atoms. The Morgan fingerprint density at radius 2 is 1.79 bits per heavy atom. The third-order valence-electron chi connectivity index (χ3n) is 5.97. The average molecular weight is 486 g/mol. The van der Waals surface area contributed by atoms with Crippen LogP contribution in [0.2, 0.25) is 0 Å². The summed E-state index contributed by atoms with van der Waals surface area (Å²) in [6, 6.07) is 10.8. The molecule has 0 spiro atoms. The van der Waals surface area contributed by atoms with Gasteiger partial charge in [0.05, 0.1) is 22.7 Å². The van der Waals surface area contributed by atoms with Crippen LogP contribution in [0.15, 0.2) is 56.6 Å². The molecule has 0 saturated carbocycles. The third-order valence-corrected chi connectivity index (χ3v) is 7.80. The summed E-state index contributed by atoms with van der Waals surface area (Å²) in [5, 5.41) is 0.683. The summed E-state index contributed by atoms with van der Waals surface area (Å²) in [5.41, 5.74) is 2.37. The molecule has 0 radical (unpaired) electrons. The van der Waals surface area contributed by atoms with E-state index in [4.69, 9.17) is 13.9 Å². The van der Waals surface area contributed by atoms with E-state index in [2.05, 4.69) is 0 Å². The number of esters is 1. The lowest BCUT2D eigenvalue weighted by atomic mass is 10.0. The van der Waals surface area contributed by atoms with Gasteiger partial charge < -0.3 is 13.9 Å². The van der Waals surface area contributed by atoms with E-state index in [1.165, 1.54) is 34.6 Å². The minimum atomic E-state index is -3.80. The molecule has 9 heteroatoms. The van der Waals surface area contributed by atoms with Crippen LogP contribution < -0.4 is 5.63 Å². The molecule has 8 nitrogen and oxygen atoms in total. The normalized spacial score (nSPS) is 19.3. The van der Waals surface area contributed by atoms with Gasteiger partial charge in [0.15, 0.2) is 0 Å². The first kappa shape index (κ1) is 24.1. The second kappa shape index (κ2) is 9.32. The van der Waals surface area contributed by atoms with Crippen molar-refractivity contribution in [3.8, 4) is 0 Å². The number of hydrogen-bond acceptors (Lipinski definition) is 7. The molecule has 0 amide bonds. The highest BCUT2D eigenvalue weighted by Gasteiger charge is 2.32. The molecule has 2 aromatic carbocycles. The number of fused-ring (bicyclic) bond motifs is 1. The molecule has 180 valence electrons. The lowest BCUT2D eigenvalue weighted by Gasteiger charge is -2.34. The Bertz CT molecular complexity index is 1400. The number of rotatable bonds is 5. The van der Waals surface area contributed by atoms with Crippen molar-refractivity contribution in [3.63, 3.8) is 0 Å². The highest BCUT2D eigenvalue weighted by molar-refractivity contribution is 7.89. The number of ether oxygens (including phenoxy) is 2. The number of hydrogen-bond donors (Lipinski definition) is 0. The molecule has 34 heavy (non-hydrogen) atoms. The predicted octanol–water partition coefficient (Wildman–Crippen LogP) is 3.56. The third kappa shape index (κ3) is 4.77. The standard InChI is InChI=1S/C25H27NO7S/c1-15-8-9-22-20(11-23(27)33-24(22)18(15)4)14-31-25(28)19-6-5-7-21(10-19)34(29,30)26-12-16(2)32-17(3)13-26/h5-11,16-17H,12-14H2,1-4H3. The van der Waals surface area contributed by atoms with Gasteiger partial charge in [-0.25, -0.2) is 18.0 Å². The second-order valence-corrected chi connectivity index (χ2v) is 10.6. The summed E-state index contributed by atoms with van der Waals surface area (Å²) < 4.78 is 44.1. The van der Waals surface area contributed by atoms with Crippen LogP contribution in [0.5, 0.6) is 0 Å². The van der Waals surface area contributed by atoms with E-state index in [0.717, 1.165) is 11.1 Å². The first-order valence-electron chi connectivity index (χ1n) is 11.0. The Balaban J connectivity index is 1.56. The van der Waals surface area contributed by atoms with E-state index < -0.39 is 21.6 Å². The zero-order valence-electron chi connectivity index (χ0n) is 19.5. The van der Waals surface area contributed by atoms with Crippen LogP contribution >= 0.6 is 0 Å². The highest BCUT2D eigenvalue weighted by atomic mass is 32.2. The number of benzene rings is 2. The number of nitrogens with zero attached hydrogens (tertiary/aromatic N) is 1. The summed E-state index contributed by atoms with van der Waals surface area (Å²) in [6.07, 6.45) is -0.449. The van der Waals surface area contributed by atoms with Gasteiger partial charge in [0.1, 0.15) is 12.2 Å². The number of carbonyl (C=O) groups excluding carboxylic acids is 1. The van der Waals surface area contributed by atoms with Crippen molar-refractivity contribution in [1.82, 2.24) is 4.31 Å². The molecular formula is C25H27NO7S. The lowest BCUT2D eigenvalue weighted by molar-refractivity contribution is -0.0440. The fraction of sp³-hybridized carbons (Fsp3) is 0.360. The second-order valence-electron chi connectivity index (χ2n) is 8.66. The zero-order chi connectivity index (χ0) is 24.6. The van der Waals surface area contributed by atoms with Crippen molar-refractivity contribution >= 4 is 27.0 Å². The van der Waals surface area contributed by atoms with Crippen molar-refractivity contribution in [2.45, 2.75) is 51.4 Å². The number of morpholine rings is 1. The van der Waals surface area contributed by atoms with Gasteiger partial charge in [0.2, 0.25) is 10.0 Å². The van der Waals surface area contributed by atoms with Crippen LogP contribution in [0.25, 0.3) is 11.0 Å². The summed E-state index contributed by atoms with van der Waals surface area (Å²) in [5.74, 6) is -0.689. The fourth-order valence-corrected chi connectivity index (χ4v) is 5.77. The van der Waals surface area contributed by atoms with Gasteiger partial charge >= 0.3 is 11.6 Å². The molecule has 1 aromatic heterocycles. The molecule has 1 fully saturated rings. The van der Waals surface area contributed by atoms with E-state index >= 15 is 0 Å². The minimum absolute atomic E-state index is 0.0140. The number of aryl methyl sites for hydroxylation is 2. The summed E-state index contributed by atoms with van der Waals surface area (Å²) in [7, 11) is -3.80. The largest absolute Gasteiger partial charge is 0.457 e. The molecule has 0 aliphatic carbocycles. The first-order valence-corrected chi connectivity index (χ1v) is 12.5. The minimum Gasteiger partial charge on any atom is -0.457 e. The smallest absolute Gasteiger partial charge is 0.338 e. The quantitative estimate of drug-likeness (QED) is 0.402. The molecule has 1 saturated heterocycles. The Morgan fingerprint density at radius 3 is 2.50 bits per heavy atom. The SMILES string of the molecule is Cc1ccc2c(COC(=O)c3cccc(S(=O)(=O)N4CC(C)OC(C)C4)c3)cc(=O)oc2c1C. The summed E-state index contributed by atoms with van der Waals surface area (Å²) >= 11 is 0. The Hall–Kier alpha value is -3.01. The molecule has 2 atom stereocenters. The molecule has 3 aromatic rings. The molecule has 2 heterocycles. The lowest BCUT2D eigenvalue weighted by Crippen LogP contribution is -2.48. The van der Waals surface area contributed by atoms with Crippen molar-refractivity contribution in [2.24, 2.45) is 0 Å². The van der Waals surface area contributed by atoms with E-state index in [1.807, 2.05) is 39.8 Å². The van der Waals surface area contributed by atoms with Gasteiger partial charge in [-0.15, -0.1) is 0 Å². The van der Waals surface area contributed by atoms with Gasteiger partial charge in [-0.1, -0.05) is 18.2 Å². The maximum atomic E-state index is 13.1. The maximum Gasteiger partial charge on any atom is 0.338 e. The Morgan fingerprint density at radius 1 is 1.09 bits per heavy atom. The van der Waals surface area contributed by atoms with Crippen molar-refractivity contribution in [3.05, 3.63) is 75.1 Å². The number of carbonyl (C=O) groups is 1. The number of sulfonamides is 1. The monoisotopic (exact) mass is 485 g/mol. The topological polar surface area (TPSA) is 103 Å². The van der Waals surface area contributed by atoms with Gasteiger partial charge in [-0.2, -0.15) is 4.31 Å². The maximum absolute atomic E-state index is 13.1. The fourth-order valence-electron chi connectivity index (χ4n) is 4.13. The Kier molecular flexibility index (Phi) is 6.62. The van der Waals surface area contributed by atoms with Gasteiger partial charge in [0.25, 0.3) is 0 Å². The van der Waals surface area contributed by atoms with Crippen LogP contribution in [0, 0.1) is 13.8 Å². The summed E-state index contributed by atoms with van der Waals surface area (Å²) in [6.45, 7) is 7.75. The van der Waals surface area contributed by atoms with E-state index in [9.17, 15) is 18.0 Å². The zero-order valence-corrected chi connectivity index (χ0v) is 20.3. The van der Waals surface area contributed by atoms with Gasteiger partial charge in [-0.3, -0.25) is 0 Å². The molecular weight excluding hydrogens is 458 g/mol. The van der Waals surface area contributed by atoms with E-state index in [0.29, 0.717) is 16.5 Å². The summed E-state index contributed by atoms with van der Waals surface area (Å²) in [4.78, 5) is 24.8. The molecule has 4 rings (SSSR count). The Labute approximate surface area is 198 Å². The van der Waals surface area contributed by atoms with Crippen molar-refractivity contribution < 1.29 is 27.1 Å². The highest BCUT2D eigenvalue weighted by Crippen LogP contribution is 2.25. The van der Waals surface area contributed by atoms with Crippen molar-refractivity contribution in [2.75, 3.05) is 13.1 Å². The van der Waals surface area contributed by atoms with Gasteiger partial charge in [-0.05, 0) is 57.0 Å². The predicted molar refractivity (Wildman–Crippen MR) is 126 cm³/mol. The van der Waals surface area contributed by atoms with Crippen molar-refractivity contribution in [1.29, 1.82) is 0 Å². The molecule has 2 unspecified atom stereocenters. The van der Waals surface area contributed by atoms with E-state index in [-0.39, 0.29) is 42.4 Å². The molecule has 0 N–H and O–H groups in total. The van der Waals surface area contributed by atoms with Crippen LogP contribution in [-0.2, 0) is 26.1 Å².